The summed E-state index contributed by atoms with van der Waals surface area (Å²) >= 11 is 0. The summed E-state index contributed by atoms with van der Waals surface area (Å²) in [5, 5.41) is 2.64. The number of carbonyl (C=O) groups excluding carboxylic acids is 1. The van der Waals surface area contributed by atoms with E-state index in [4.69, 9.17) is 10.5 Å². The van der Waals surface area contributed by atoms with Crippen LogP contribution in [-0.4, -0.2) is 16.1 Å². The van der Waals surface area contributed by atoms with Crippen LogP contribution in [0.3, 0.4) is 0 Å². The highest BCUT2D eigenvalue weighted by Crippen LogP contribution is 2.13. The summed E-state index contributed by atoms with van der Waals surface area (Å²) in [4.78, 5) is 19.6. The third-order valence-electron chi connectivity index (χ3n) is 3.11. The number of hydrogen-bond acceptors (Lipinski definition) is 5. The highest BCUT2D eigenvalue weighted by Gasteiger charge is 2.04. The summed E-state index contributed by atoms with van der Waals surface area (Å²) < 4.78 is 5.22. The lowest BCUT2D eigenvalue weighted by molar-refractivity contribution is 0.215. The average molecular weight is 330 g/mol. The van der Waals surface area contributed by atoms with Crippen molar-refractivity contribution in [3.8, 4) is 17.6 Å². The first kappa shape index (κ1) is 16.0. The molecule has 122 valence electrons. The molecule has 0 aliphatic carbocycles. The van der Waals surface area contributed by atoms with Crippen LogP contribution in [0.2, 0.25) is 0 Å². The Hall–Kier alpha value is -3.85. The summed E-state index contributed by atoms with van der Waals surface area (Å²) in [7, 11) is 0. The maximum absolute atomic E-state index is 11.8. The molecule has 1 aromatic heterocycles. The Morgan fingerprint density at radius 1 is 0.920 bits per heavy atom. The molecular formula is C19H14N4O2. The van der Waals surface area contributed by atoms with Crippen molar-refractivity contribution < 1.29 is 9.53 Å². The van der Waals surface area contributed by atoms with Crippen LogP contribution in [0.5, 0.6) is 5.75 Å². The molecule has 6 heteroatoms. The van der Waals surface area contributed by atoms with Crippen molar-refractivity contribution in [2.75, 3.05) is 11.1 Å². The molecule has 0 fully saturated rings. The Kier molecular flexibility index (Phi) is 4.88. The van der Waals surface area contributed by atoms with Gasteiger partial charge in [-0.15, -0.1) is 0 Å². The maximum atomic E-state index is 11.8. The van der Waals surface area contributed by atoms with E-state index in [-0.39, 0.29) is 5.95 Å². The number of nitrogens with one attached hydrogen (secondary N) is 1. The molecule has 0 bridgehead atoms. The number of carbonyl (C=O) groups is 1. The van der Waals surface area contributed by atoms with E-state index in [1.807, 2.05) is 18.2 Å². The van der Waals surface area contributed by atoms with E-state index in [0.29, 0.717) is 17.0 Å². The number of ether oxygens (including phenoxy) is 1. The van der Waals surface area contributed by atoms with Crippen LogP contribution in [-0.2, 0) is 0 Å². The average Bonchev–Trinajstić information content (AvgIpc) is 2.63. The number of para-hydroxylation sites is 1. The van der Waals surface area contributed by atoms with Crippen LogP contribution in [0.1, 0.15) is 11.1 Å². The van der Waals surface area contributed by atoms with E-state index in [2.05, 4.69) is 27.1 Å². The molecule has 3 rings (SSSR count). The second-order valence-electron chi connectivity index (χ2n) is 4.98. The van der Waals surface area contributed by atoms with Gasteiger partial charge in [-0.2, -0.15) is 0 Å². The summed E-state index contributed by atoms with van der Waals surface area (Å²) in [6.45, 7) is 0. The van der Waals surface area contributed by atoms with Crippen LogP contribution in [0, 0.1) is 11.8 Å². The van der Waals surface area contributed by atoms with Crippen LogP contribution >= 0.6 is 0 Å². The Balaban J connectivity index is 1.60. The molecule has 1 heterocycles. The highest BCUT2D eigenvalue weighted by atomic mass is 16.6. The number of anilines is 2. The summed E-state index contributed by atoms with van der Waals surface area (Å²) in [6.07, 6.45) is 2.56. The molecule has 0 spiro atoms. The molecule has 0 aliphatic rings. The van der Waals surface area contributed by atoms with Crippen molar-refractivity contribution in [3.05, 3.63) is 78.1 Å². The lowest BCUT2D eigenvalue weighted by atomic mass is 10.2. The lowest BCUT2D eigenvalue weighted by Crippen LogP contribution is -2.16. The number of nitrogen functional groups attached to an aromatic ring is 1. The molecule has 3 aromatic rings. The SMILES string of the molecule is Nc1ncc(C#Cc2ccc(OC(=O)Nc3ccccc3)cc2)cn1. The number of amides is 1. The molecule has 0 saturated heterocycles. The van der Waals surface area contributed by atoms with E-state index < -0.39 is 6.09 Å². The molecular weight excluding hydrogens is 316 g/mol. The number of rotatable bonds is 2. The smallest absolute Gasteiger partial charge is 0.410 e. The van der Waals surface area contributed by atoms with Gasteiger partial charge in [-0.05, 0) is 36.4 Å². The zero-order valence-electron chi connectivity index (χ0n) is 13.1. The van der Waals surface area contributed by atoms with Gasteiger partial charge in [0.1, 0.15) is 5.75 Å². The highest BCUT2D eigenvalue weighted by molar-refractivity contribution is 5.86. The van der Waals surface area contributed by atoms with Gasteiger partial charge in [-0.1, -0.05) is 30.0 Å². The van der Waals surface area contributed by atoms with Gasteiger partial charge in [0.25, 0.3) is 0 Å². The minimum atomic E-state index is -0.552. The molecule has 3 N–H and O–H groups in total. The van der Waals surface area contributed by atoms with Gasteiger partial charge in [0, 0.05) is 23.6 Å². The van der Waals surface area contributed by atoms with Gasteiger partial charge in [-0.25, -0.2) is 14.8 Å². The van der Waals surface area contributed by atoms with Crippen LogP contribution < -0.4 is 15.8 Å². The Morgan fingerprint density at radius 2 is 1.56 bits per heavy atom. The van der Waals surface area contributed by atoms with Gasteiger partial charge < -0.3 is 10.5 Å². The molecule has 0 saturated carbocycles. The van der Waals surface area contributed by atoms with Crippen molar-refractivity contribution in [2.24, 2.45) is 0 Å². The van der Waals surface area contributed by atoms with Crippen molar-refractivity contribution in [3.63, 3.8) is 0 Å². The fraction of sp³-hybridized carbons (Fsp3) is 0. The number of aromatic nitrogens is 2. The van der Waals surface area contributed by atoms with Gasteiger partial charge in [0.15, 0.2) is 0 Å². The normalized spacial score (nSPS) is 9.60. The first-order valence-electron chi connectivity index (χ1n) is 7.42. The van der Waals surface area contributed by atoms with Crippen molar-refractivity contribution in [1.29, 1.82) is 0 Å². The zero-order chi connectivity index (χ0) is 17.5. The van der Waals surface area contributed by atoms with Crippen molar-refractivity contribution >= 4 is 17.7 Å². The topological polar surface area (TPSA) is 90.1 Å². The summed E-state index contributed by atoms with van der Waals surface area (Å²) in [6, 6.07) is 16.0. The van der Waals surface area contributed by atoms with Crippen LogP contribution in [0.25, 0.3) is 0 Å². The van der Waals surface area contributed by atoms with E-state index >= 15 is 0 Å². The molecule has 1 amide bonds. The lowest BCUT2D eigenvalue weighted by Gasteiger charge is -2.06. The second kappa shape index (κ2) is 7.62. The number of hydrogen-bond donors (Lipinski definition) is 2. The van der Waals surface area contributed by atoms with Gasteiger partial charge in [0.05, 0.1) is 5.56 Å². The molecule has 0 aliphatic heterocycles. The Bertz CT molecular complexity index is 912. The molecule has 0 radical (unpaired) electrons. The first-order valence-corrected chi connectivity index (χ1v) is 7.42. The summed E-state index contributed by atoms with van der Waals surface area (Å²) in [5.74, 6) is 6.54. The third kappa shape index (κ3) is 4.81. The number of benzene rings is 2. The maximum Gasteiger partial charge on any atom is 0.417 e. The van der Waals surface area contributed by atoms with Gasteiger partial charge in [0.2, 0.25) is 5.95 Å². The molecule has 0 atom stereocenters. The molecule has 2 aromatic carbocycles. The number of nitrogens with two attached hydrogens (primary N) is 1. The molecule has 6 nitrogen and oxygen atoms in total. The summed E-state index contributed by atoms with van der Waals surface area (Å²) in [5.41, 5.74) is 7.52. The Labute approximate surface area is 144 Å². The Morgan fingerprint density at radius 3 is 2.24 bits per heavy atom. The van der Waals surface area contributed by atoms with E-state index in [1.165, 1.54) is 0 Å². The largest absolute Gasteiger partial charge is 0.417 e. The van der Waals surface area contributed by atoms with E-state index in [1.54, 1.807) is 48.8 Å². The molecule has 25 heavy (non-hydrogen) atoms. The monoisotopic (exact) mass is 330 g/mol. The standard InChI is InChI=1S/C19H14N4O2/c20-18-21-12-15(13-22-18)7-6-14-8-10-17(11-9-14)25-19(24)23-16-4-2-1-3-5-16/h1-5,8-13H,(H,23,24)(H2,20,21,22). The van der Waals surface area contributed by atoms with Crippen LogP contribution in [0.15, 0.2) is 67.0 Å². The fourth-order valence-corrected chi connectivity index (χ4v) is 1.93. The minimum absolute atomic E-state index is 0.209. The predicted octanol–water partition coefficient (Wildman–Crippen LogP) is 3.07. The predicted molar refractivity (Wildman–Crippen MR) is 95.0 cm³/mol. The second-order valence-corrected chi connectivity index (χ2v) is 4.98. The first-order chi connectivity index (χ1) is 12.2. The minimum Gasteiger partial charge on any atom is -0.410 e. The molecule has 0 unspecified atom stereocenters. The van der Waals surface area contributed by atoms with Crippen molar-refractivity contribution in [2.45, 2.75) is 0 Å². The fourth-order valence-electron chi connectivity index (χ4n) is 1.93. The third-order valence-corrected chi connectivity index (χ3v) is 3.11. The van der Waals surface area contributed by atoms with Crippen LogP contribution in [0.4, 0.5) is 16.4 Å². The van der Waals surface area contributed by atoms with Gasteiger partial charge in [-0.3, -0.25) is 5.32 Å². The number of nitrogens with zero attached hydrogens (tertiary/aromatic N) is 2. The van der Waals surface area contributed by atoms with Gasteiger partial charge >= 0.3 is 6.09 Å². The van der Waals surface area contributed by atoms with E-state index in [9.17, 15) is 4.79 Å². The van der Waals surface area contributed by atoms with Crippen molar-refractivity contribution in [1.82, 2.24) is 9.97 Å². The quantitative estimate of drug-likeness (QED) is 0.705. The van der Waals surface area contributed by atoms with E-state index in [0.717, 1.165) is 5.56 Å². The zero-order valence-corrected chi connectivity index (χ0v) is 13.1.